The number of rotatable bonds is 1. The fraction of sp³-hybridized carbons (Fsp3) is 0.571. The number of hydrogen-bond acceptors (Lipinski definition) is 2. The van der Waals surface area contributed by atoms with Crippen LogP contribution in [0, 0.1) is 5.92 Å². The number of sulfonamides is 1. The van der Waals surface area contributed by atoms with Crippen LogP contribution < -0.4 is 0 Å². The van der Waals surface area contributed by atoms with Gasteiger partial charge in [0.05, 0.1) is 10.4 Å². The lowest BCUT2D eigenvalue weighted by Crippen LogP contribution is -2.43. The molecule has 1 atom stereocenters. The van der Waals surface area contributed by atoms with Crippen LogP contribution in [0.4, 0.5) is 4.48 Å². The van der Waals surface area contributed by atoms with Crippen LogP contribution in [-0.2, 0) is 15.6 Å². The van der Waals surface area contributed by atoms with Crippen molar-refractivity contribution in [2.24, 2.45) is 5.92 Å². The Hall–Kier alpha value is -0.940. The maximum absolute atomic E-state index is 14.6. The highest BCUT2D eigenvalue weighted by atomic mass is 32.2. The maximum Gasteiger partial charge on any atom is 0.270 e. The SMILES string of the molecule is C[C@@]1(C2CCCCC2)c2ccccc2S(=O)(=O)N1F. The van der Waals surface area contributed by atoms with E-state index in [0.29, 0.717) is 5.56 Å². The molecule has 19 heavy (non-hydrogen) atoms. The normalized spacial score (nSPS) is 31.3. The molecule has 5 heteroatoms. The van der Waals surface area contributed by atoms with Crippen molar-refractivity contribution >= 4 is 10.0 Å². The molecule has 1 aromatic carbocycles. The third kappa shape index (κ3) is 1.68. The Labute approximate surface area is 113 Å². The molecular weight excluding hydrogens is 265 g/mol. The van der Waals surface area contributed by atoms with Gasteiger partial charge < -0.3 is 0 Å². The molecule has 1 aliphatic heterocycles. The van der Waals surface area contributed by atoms with E-state index in [1.54, 1.807) is 25.1 Å². The highest BCUT2D eigenvalue weighted by Crippen LogP contribution is 2.52. The monoisotopic (exact) mass is 283 g/mol. The van der Waals surface area contributed by atoms with Crippen molar-refractivity contribution < 1.29 is 12.9 Å². The summed E-state index contributed by atoms with van der Waals surface area (Å²) in [6.45, 7) is 1.73. The smallest absolute Gasteiger partial charge is 0.204 e. The molecule has 104 valence electrons. The minimum Gasteiger partial charge on any atom is -0.204 e. The number of benzene rings is 1. The van der Waals surface area contributed by atoms with Gasteiger partial charge in [-0.2, -0.15) is 0 Å². The van der Waals surface area contributed by atoms with Gasteiger partial charge in [-0.15, -0.1) is 4.48 Å². The Kier molecular flexibility index (Phi) is 2.94. The first-order valence-corrected chi connectivity index (χ1v) is 8.24. The van der Waals surface area contributed by atoms with Crippen LogP contribution in [0.5, 0.6) is 0 Å². The Morgan fingerprint density at radius 1 is 1.21 bits per heavy atom. The summed E-state index contributed by atoms with van der Waals surface area (Å²) in [6, 6.07) is 6.69. The van der Waals surface area contributed by atoms with Gasteiger partial charge in [-0.05, 0) is 41.8 Å². The van der Waals surface area contributed by atoms with E-state index in [1.165, 1.54) is 6.07 Å². The molecule has 0 N–H and O–H groups in total. The number of nitrogens with zero attached hydrogens (tertiary/aromatic N) is 1. The Morgan fingerprint density at radius 2 is 1.84 bits per heavy atom. The summed E-state index contributed by atoms with van der Waals surface area (Å²) < 4.78 is 39.1. The Bertz CT molecular complexity index is 595. The Balaban J connectivity index is 2.16. The van der Waals surface area contributed by atoms with Crippen LogP contribution in [0.2, 0.25) is 0 Å². The minimum absolute atomic E-state index is 0.0599. The topological polar surface area (TPSA) is 37.4 Å². The summed E-state index contributed by atoms with van der Waals surface area (Å²) in [7, 11) is -3.97. The van der Waals surface area contributed by atoms with Gasteiger partial charge in [0.2, 0.25) is 0 Å². The van der Waals surface area contributed by atoms with E-state index in [9.17, 15) is 12.9 Å². The second kappa shape index (κ2) is 4.28. The van der Waals surface area contributed by atoms with Gasteiger partial charge in [0, 0.05) is 0 Å². The predicted octanol–water partition coefficient (Wildman–Crippen LogP) is 3.37. The number of fused-ring (bicyclic) bond motifs is 1. The van der Waals surface area contributed by atoms with Crippen molar-refractivity contribution in [3.05, 3.63) is 29.8 Å². The average Bonchev–Trinajstić information content (AvgIpc) is 2.61. The van der Waals surface area contributed by atoms with Crippen molar-refractivity contribution in [3.8, 4) is 0 Å². The lowest BCUT2D eigenvalue weighted by atomic mass is 9.73. The molecule has 0 bridgehead atoms. The van der Waals surface area contributed by atoms with Gasteiger partial charge in [0.15, 0.2) is 0 Å². The predicted molar refractivity (Wildman–Crippen MR) is 70.5 cm³/mol. The first kappa shape index (κ1) is 13.1. The quantitative estimate of drug-likeness (QED) is 0.741. The zero-order valence-electron chi connectivity index (χ0n) is 11.0. The summed E-state index contributed by atoms with van der Waals surface area (Å²) in [5.41, 5.74) is -0.417. The molecule has 0 radical (unpaired) electrons. The van der Waals surface area contributed by atoms with Crippen LogP contribution >= 0.6 is 0 Å². The summed E-state index contributed by atoms with van der Waals surface area (Å²) in [5.74, 6) is 0.0599. The van der Waals surface area contributed by atoms with E-state index in [1.807, 2.05) is 0 Å². The second-order valence-electron chi connectivity index (χ2n) is 5.70. The van der Waals surface area contributed by atoms with Crippen LogP contribution in [-0.4, -0.2) is 12.9 Å². The molecule has 0 unspecified atom stereocenters. The van der Waals surface area contributed by atoms with Gasteiger partial charge in [0.1, 0.15) is 0 Å². The fourth-order valence-corrected chi connectivity index (χ4v) is 5.29. The third-order valence-electron chi connectivity index (χ3n) is 4.69. The van der Waals surface area contributed by atoms with Crippen molar-refractivity contribution in [1.29, 1.82) is 0 Å². The minimum atomic E-state index is -3.97. The van der Waals surface area contributed by atoms with Gasteiger partial charge in [-0.3, -0.25) is 0 Å². The highest BCUT2D eigenvalue weighted by molar-refractivity contribution is 7.89. The van der Waals surface area contributed by atoms with E-state index in [2.05, 4.69) is 0 Å². The molecule has 1 saturated carbocycles. The maximum atomic E-state index is 14.6. The molecule has 3 nitrogen and oxygen atoms in total. The van der Waals surface area contributed by atoms with Crippen LogP contribution in [0.1, 0.15) is 44.6 Å². The van der Waals surface area contributed by atoms with E-state index in [4.69, 9.17) is 0 Å². The molecule has 1 aliphatic carbocycles. The van der Waals surface area contributed by atoms with Crippen LogP contribution in [0.3, 0.4) is 0 Å². The molecule has 0 spiro atoms. The molecule has 1 fully saturated rings. The number of hydrogen-bond donors (Lipinski definition) is 0. The van der Waals surface area contributed by atoms with Gasteiger partial charge >= 0.3 is 0 Å². The first-order valence-electron chi connectivity index (χ1n) is 6.80. The van der Waals surface area contributed by atoms with E-state index < -0.39 is 15.6 Å². The molecule has 0 saturated heterocycles. The standard InChI is InChI=1S/C14H18FNO2S/c1-14(11-7-3-2-4-8-11)12-9-5-6-10-13(12)19(17,18)16(14)15/h5-6,9-11H,2-4,7-8H2,1H3/t14-/m1/s1. The van der Waals surface area contributed by atoms with Gasteiger partial charge in [-0.25, -0.2) is 8.42 Å². The molecule has 3 rings (SSSR count). The summed E-state index contributed by atoms with van der Waals surface area (Å²) in [5, 5.41) is 0. The van der Waals surface area contributed by atoms with Crippen molar-refractivity contribution in [1.82, 2.24) is 4.53 Å². The lowest BCUT2D eigenvalue weighted by molar-refractivity contribution is -0.0272. The highest BCUT2D eigenvalue weighted by Gasteiger charge is 2.55. The second-order valence-corrected chi connectivity index (χ2v) is 7.41. The van der Waals surface area contributed by atoms with Crippen LogP contribution in [0.15, 0.2) is 29.2 Å². The van der Waals surface area contributed by atoms with Crippen molar-refractivity contribution in [2.75, 3.05) is 0 Å². The van der Waals surface area contributed by atoms with Gasteiger partial charge in [0.25, 0.3) is 10.0 Å². The fourth-order valence-electron chi connectivity index (χ4n) is 3.57. The Morgan fingerprint density at radius 3 is 2.53 bits per heavy atom. The third-order valence-corrected chi connectivity index (χ3v) is 6.40. The van der Waals surface area contributed by atoms with E-state index >= 15 is 0 Å². The van der Waals surface area contributed by atoms with Crippen molar-refractivity contribution in [3.63, 3.8) is 0 Å². The molecule has 1 aromatic rings. The zero-order valence-corrected chi connectivity index (χ0v) is 11.8. The van der Waals surface area contributed by atoms with E-state index in [0.717, 1.165) is 32.1 Å². The summed E-state index contributed by atoms with van der Waals surface area (Å²) >= 11 is 0. The molecule has 1 heterocycles. The molecule has 2 aliphatic rings. The largest absolute Gasteiger partial charge is 0.270 e. The molecule has 0 amide bonds. The zero-order chi connectivity index (χ0) is 13.7. The summed E-state index contributed by atoms with van der Waals surface area (Å²) in [6.07, 6.45) is 5.04. The van der Waals surface area contributed by atoms with E-state index in [-0.39, 0.29) is 15.3 Å². The van der Waals surface area contributed by atoms with Gasteiger partial charge in [-0.1, -0.05) is 37.5 Å². The summed E-state index contributed by atoms with van der Waals surface area (Å²) in [4.78, 5) is 0.130. The average molecular weight is 283 g/mol. The van der Waals surface area contributed by atoms with Crippen molar-refractivity contribution in [2.45, 2.75) is 49.5 Å². The lowest BCUT2D eigenvalue weighted by Gasteiger charge is -2.38. The first-order chi connectivity index (χ1) is 8.99. The molecular formula is C14H18FNO2S. The van der Waals surface area contributed by atoms with Crippen LogP contribution in [0.25, 0.3) is 0 Å². The number of halogens is 1. The molecule has 0 aromatic heterocycles.